The number of pyridine rings is 1. The van der Waals surface area contributed by atoms with Gasteiger partial charge in [-0.15, -0.1) is 0 Å². The molecule has 140 valence electrons. The first-order valence-corrected chi connectivity index (χ1v) is 8.36. The molecule has 1 N–H and O–H groups in total. The highest BCUT2D eigenvalue weighted by Gasteiger charge is 2.50. The van der Waals surface area contributed by atoms with Crippen LogP contribution in [0.2, 0.25) is 0 Å². The van der Waals surface area contributed by atoms with E-state index in [1.54, 1.807) is 37.4 Å². The second kappa shape index (κ2) is 7.06. The Kier molecular flexibility index (Phi) is 4.81. The summed E-state index contributed by atoms with van der Waals surface area (Å²) < 4.78 is 10.4. The van der Waals surface area contributed by atoms with Gasteiger partial charge in [-0.2, -0.15) is 0 Å². The van der Waals surface area contributed by atoms with E-state index in [9.17, 15) is 14.4 Å². The van der Waals surface area contributed by atoms with Crippen molar-refractivity contribution in [2.45, 2.75) is 19.4 Å². The summed E-state index contributed by atoms with van der Waals surface area (Å²) in [4.78, 5) is 42.8. The Labute approximate surface area is 156 Å². The number of anilines is 2. The molecular formula is C19H19N3O5. The molecule has 2 amide bonds. The Balaban J connectivity index is 1.85. The number of methoxy groups -OCH3 is 1. The van der Waals surface area contributed by atoms with Crippen molar-refractivity contribution in [3.05, 3.63) is 48.2 Å². The molecule has 1 atom stereocenters. The average Bonchev–Trinajstić information content (AvgIpc) is 2.69. The van der Waals surface area contributed by atoms with Crippen LogP contribution in [-0.2, 0) is 14.3 Å². The van der Waals surface area contributed by atoms with Gasteiger partial charge < -0.3 is 14.8 Å². The monoisotopic (exact) mass is 369 g/mol. The molecule has 0 unspecified atom stereocenters. The van der Waals surface area contributed by atoms with Crippen molar-refractivity contribution in [3.8, 4) is 5.75 Å². The maximum Gasteiger partial charge on any atom is 0.337 e. The molecule has 1 aliphatic rings. The molecule has 2 heterocycles. The Hall–Kier alpha value is -3.42. The number of carbonyl (C=O) groups is 3. The van der Waals surface area contributed by atoms with Gasteiger partial charge in [0.1, 0.15) is 0 Å². The Morgan fingerprint density at radius 3 is 2.59 bits per heavy atom. The van der Waals surface area contributed by atoms with Crippen LogP contribution >= 0.6 is 0 Å². The van der Waals surface area contributed by atoms with Gasteiger partial charge in [0.15, 0.2) is 11.6 Å². The van der Waals surface area contributed by atoms with Crippen LogP contribution in [0.1, 0.15) is 24.2 Å². The molecule has 0 spiro atoms. The van der Waals surface area contributed by atoms with Gasteiger partial charge in [0.25, 0.3) is 17.4 Å². The number of carbonyl (C=O) groups excluding carboxylic acids is 3. The van der Waals surface area contributed by atoms with Gasteiger partial charge in [0.2, 0.25) is 0 Å². The highest BCUT2D eigenvalue weighted by atomic mass is 16.5. The van der Waals surface area contributed by atoms with Crippen molar-refractivity contribution < 1.29 is 23.9 Å². The quantitative estimate of drug-likeness (QED) is 0.654. The molecule has 8 heteroatoms. The number of hydrogen-bond donors (Lipinski definition) is 1. The van der Waals surface area contributed by atoms with Crippen molar-refractivity contribution in [1.82, 2.24) is 4.98 Å². The van der Waals surface area contributed by atoms with Gasteiger partial charge in [0.05, 0.1) is 12.7 Å². The number of nitrogens with one attached hydrogen (secondary N) is 1. The van der Waals surface area contributed by atoms with E-state index in [4.69, 9.17) is 4.74 Å². The van der Waals surface area contributed by atoms with Gasteiger partial charge in [0, 0.05) is 18.4 Å². The number of likely N-dealkylation sites (N-methyl/N-ethyl adjacent to an activating group) is 1. The summed E-state index contributed by atoms with van der Waals surface area (Å²) >= 11 is 0. The summed E-state index contributed by atoms with van der Waals surface area (Å²) in [6, 6.07) is 9.47. The molecule has 8 nitrogen and oxygen atoms in total. The molecular weight excluding hydrogens is 350 g/mol. The zero-order chi connectivity index (χ0) is 19.6. The molecule has 0 fully saturated rings. The number of aromatic nitrogens is 1. The van der Waals surface area contributed by atoms with Crippen LogP contribution < -0.4 is 15.0 Å². The summed E-state index contributed by atoms with van der Waals surface area (Å²) in [6.45, 7) is 3.57. The van der Waals surface area contributed by atoms with E-state index in [0.29, 0.717) is 29.4 Å². The number of nitrogens with zero attached hydrogens (tertiary/aromatic N) is 2. The van der Waals surface area contributed by atoms with E-state index in [2.05, 4.69) is 15.0 Å². The number of hydrogen-bond acceptors (Lipinski definition) is 6. The minimum absolute atomic E-state index is 0.350. The SMILES string of the molecule is CCN1C(=O)[C@@](C)(C(=O)Nc2ccc(C(=O)OC)cc2)Oc2cccnc21. The minimum atomic E-state index is -1.74. The molecule has 0 bridgehead atoms. The molecule has 3 rings (SSSR count). The fourth-order valence-electron chi connectivity index (χ4n) is 2.78. The lowest BCUT2D eigenvalue weighted by Gasteiger charge is -2.38. The normalized spacial score (nSPS) is 18.3. The van der Waals surface area contributed by atoms with E-state index >= 15 is 0 Å². The van der Waals surface area contributed by atoms with Crippen LogP contribution in [0.25, 0.3) is 0 Å². The van der Waals surface area contributed by atoms with Crippen LogP contribution in [0, 0.1) is 0 Å². The largest absolute Gasteiger partial charge is 0.465 e. The second-order valence-corrected chi connectivity index (χ2v) is 6.03. The molecule has 0 saturated heterocycles. The van der Waals surface area contributed by atoms with Crippen molar-refractivity contribution in [3.63, 3.8) is 0 Å². The van der Waals surface area contributed by atoms with Gasteiger partial charge in [-0.3, -0.25) is 14.5 Å². The molecule has 1 aromatic carbocycles. The average molecular weight is 369 g/mol. The Bertz CT molecular complexity index is 896. The lowest BCUT2D eigenvalue weighted by Crippen LogP contribution is -2.60. The fourth-order valence-corrected chi connectivity index (χ4v) is 2.78. The number of amides is 2. The number of esters is 1. The van der Waals surface area contributed by atoms with Gasteiger partial charge in [-0.25, -0.2) is 9.78 Å². The van der Waals surface area contributed by atoms with Crippen LogP contribution in [-0.4, -0.2) is 42.0 Å². The fraction of sp³-hybridized carbons (Fsp3) is 0.263. The van der Waals surface area contributed by atoms with E-state index in [-0.39, 0.29) is 0 Å². The molecule has 0 saturated carbocycles. The third kappa shape index (κ3) is 3.21. The maximum absolute atomic E-state index is 12.9. The van der Waals surface area contributed by atoms with Crippen LogP contribution in [0.4, 0.5) is 11.5 Å². The topological polar surface area (TPSA) is 97.8 Å². The van der Waals surface area contributed by atoms with E-state index in [1.165, 1.54) is 31.1 Å². The predicted molar refractivity (Wildman–Crippen MR) is 97.7 cm³/mol. The van der Waals surface area contributed by atoms with E-state index in [0.717, 1.165) is 0 Å². The number of rotatable bonds is 4. The Morgan fingerprint density at radius 1 is 1.26 bits per heavy atom. The molecule has 2 aromatic rings. The summed E-state index contributed by atoms with van der Waals surface area (Å²) in [5.74, 6) is -0.852. The van der Waals surface area contributed by atoms with Crippen LogP contribution in [0.15, 0.2) is 42.6 Å². The first-order valence-electron chi connectivity index (χ1n) is 8.36. The lowest BCUT2D eigenvalue weighted by molar-refractivity contribution is -0.145. The predicted octanol–water partition coefficient (Wildman–Crippen LogP) is 2.01. The van der Waals surface area contributed by atoms with Crippen LogP contribution in [0.5, 0.6) is 5.75 Å². The van der Waals surface area contributed by atoms with Gasteiger partial charge in [-0.1, -0.05) is 0 Å². The van der Waals surface area contributed by atoms with Crippen molar-refractivity contribution in [2.75, 3.05) is 23.9 Å². The lowest BCUT2D eigenvalue weighted by atomic mass is 10.0. The summed E-state index contributed by atoms with van der Waals surface area (Å²) in [7, 11) is 1.29. The number of fused-ring (bicyclic) bond motifs is 1. The summed E-state index contributed by atoms with van der Waals surface area (Å²) in [5.41, 5.74) is -0.971. The van der Waals surface area contributed by atoms with E-state index < -0.39 is 23.4 Å². The number of benzene rings is 1. The zero-order valence-electron chi connectivity index (χ0n) is 15.2. The zero-order valence-corrected chi connectivity index (χ0v) is 15.2. The van der Waals surface area contributed by atoms with Crippen molar-refractivity contribution in [1.29, 1.82) is 0 Å². The highest BCUT2D eigenvalue weighted by molar-refractivity contribution is 6.19. The van der Waals surface area contributed by atoms with Gasteiger partial charge >= 0.3 is 5.97 Å². The van der Waals surface area contributed by atoms with Crippen molar-refractivity contribution in [2.24, 2.45) is 0 Å². The number of ether oxygens (including phenoxy) is 2. The maximum atomic E-state index is 12.9. The van der Waals surface area contributed by atoms with Gasteiger partial charge in [-0.05, 0) is 50.2 Å². The summed E-state index contributed by atoms with van der Waals surface area (Å²) in [5, 5.41) is 2.66. The second-order valence-electron chi connectivity index (χ2n) is 6.03. The summed E-state index contributed by atoms with van der Waals surface area (Å²) in [6.07, 6.45) is 1.56. The minimum Gasteiger partial charge on any atom is -0.465 e. The third-order valence-corrected chi connectivity index (χ3v) is 4.29. The Morgan fingerprint density at radius 2 is 1.96 bits per heavy atom. The standard InChI is InChI=1S/C19H19N3O5/c1-4-22-15-14(6-5-11-20-15)27-19(2,18(22)25)17(24)21-13-9-7-12(8-10-13)16(23)26-3/h5-11H,4H2,1-3H3,(H,21,24)/t19-/m1/s1. The molecule has 0 aliphatic carbocycles. The molecule has 1 aromatic heterocycles. The first kappa shape index (κ1) is 18.4. The molecule has 0 radical (unpaired) electrons. The molecule has 1 aliphatic heterocycles. The van der Waals surface area contributed by atoms with E-state index in [1.807, 2.05) is 0 Å². The van der Waals surface area contributed by atoms with Crippen molar-refractivity contribution >= 4 is 29.3 Å². The first-order chi connectivity index (χ1) is 12.9. The third-order valence-electron chi connectivity index (χ3n) is 4.29. The molecule has 27 heavy (non-hydrogen) atoms. The van der Waals surface area contributed by atoms with Crippen LogP contribution in [0.3, 0.4) is 0 Å². The smallest absolute Gasteiger partial charge is 0.337 e. The highest BCUT2D eigenvalue weighted by Crippen LogP contribution is 2.36.